The number of alkyl halides is 4. The molecule has 0 aliphatic carbocycles. The maximum Gasteiger partial charge on any atom is 0.349 e. The Morgan fingerprint density at radius 2 is 1.67 bits per heavy atom. The fourth-order valence-corrected chi connectivity index (χ4v) is 1.57. The summed E-state index contributed by atoms with van der Waals surface area (Å²) < 4.78 is 82.3. The van der Waals surface area contributed by atoms with E-state index >= 15 is 0 Å². The lowest BCUT2D eigenvalue weighted by molar-refractivity contribution is -0.190. The maximum atomic E-state index is 12.7. The van der Waals surface area contributed by atoms with Gasteiger partial charge in [0.05, 0.1) is 6.10 Å². The molecule has 0 aliphatic rings. The predicted octanol–water partition coefficient (Wildman–Crippen LogP) is 1.53. The van der Waals surface area contributed by atoms with Crippen molar-refractivity contribution in [3.05, 3.63) is 0 Å². The molecule has 9 heteroatoms. The topological polar surface area (TPSA) is 63.6 Å². The minimum atomic E-state index is -5.41. The Kier molecular flexibility index (Phi) is 4.49. The van der Waals surface area contributed by atoms with Gasteiger partial charge in [-0.2, -0.15) is 17.2 Å². The van der Waals surface area contributed by atoms with E-state index in [0.29, 0.717) is 0 Å². The normalized spacial score (nSPS) is 16.1. The summed E-state index contributed by atoms with van der Waals surface area (Å²) in [4.78, 5) is 0. The van der Waals surface area contributed by atoms with Gasteiger partial charge < -0.3 is 4.74 Å². The summed E-state index contributed by atoms with van der Waals surface area (Å²) in [5.74, 6) is -4.96. The summed E-state index contributed by atoms with van der Waals surface area (Å²) in [5, 5.41) is 0. The van der Waals surface area contributed by atoms with Gasteiger partial charge in [-0.1, -0.05) is 0 Å². The Hall–Kier alpha value is -0.410. The van der Waals surface area contributed by atoms with Crippen LogP contribution in [-0.2, 0) is 14.9 Å². The quantitative estimate of drug-likeness (QED) is 0.597. The molecule has 1 atom stereocenters. The average molecular weight is 254 g/mol. The third-order valence-corrected chi connectivity index (χ3v) is 2.24. The van der Waals surface area contributed by atoms with Crippen molar-refractivity contribution in [2.75, 3.05) is 0 Å². The van der Waals surface area contributed by atoms with Crippen molar-refractivity contribution in [2.45, 2.75) is 37.7 Å². The highest BCUT2D eigenvalue weighted by Gasteiger charge is 2.56. The van der Waals surface area contributed by atoms with Gasteiger partial charge in [0.1, 0.15) is 0 Å². The van der Waals surface area contributed by atoms with E-state index in [2.05, 4.69) is 4.74 Å². The van der Waals surface area contributed by atoms with E-state index in [1.165, 1.54) is 13.8 Å². The fourth-order valence-electron chi connectivity index (χ4n) is 0.710. The molecule has 92 valence electrons. The van der Waals surface area contributed by atoms with E-state index in [1.807, 2.05) is 0 Å². The third kappa shape index (κ3) is 3.92. The zero-order valence-corrected chi connectivity index (χ0v) is 8.64. The van der Waals surface area contributed by atoms with Crippen molar-refractivity contribution in [1.82, 2.24) is 0 Å². The molecule has 0 aromatic rings. The highest BCUT2D eigenvalue weighted by molar-refractivity contribution is 7.86. The summed E-state index contributed by atoms with van der Waals surface area (Å²) in [7, 11) is -5.41. The average Bonchev–Trinajstić information content (AvgIpc) is 1.97. The van der Waals surface area contributed by atoms with Crippen LogP contribution in [-0.4, -0.2) is 36.9 Å². The van der Waals surface area contributed by atoms with Crippen LogP contribution >= 0.6 is 0 Å². The number of halogens is 4. The van der Waals surface area contributed by atoms with Crippen LogP contribution in [0.1, 0.15) is 13.8 Å². The highest BCUT2D eigenvalue weighted by Crippen LogP contribution is 2.32. The smallest absolute Gasteiger partial charge is 0.349 e. The van der Waals surface area contributed by atoms with E-state index in [-0.39, 0.29) is 0 Å². The van der Waals surface area contributed by atoms with Gasteiger partial charge in [0.2, 0.25) is 0 Å². The van der Waals surface area contributed by atoms with Gasteiger partial charge in [-0.3, -0.25) is 4.55 Å². The fraction of sp³-hybridized carbons (Fsp3) is 1.00. The van der Waals surface area contributed by atoms with Crippen LogP contribution in [0, 0.1) is 0 Å². The standard InChI is InChI=1S/C6H10F4O4S/c1-3(2)14-5(15(11,12)13)6(9,10)4(7)8/h3-5H,1-2H3,(H,11,12,13). The van der Waals surface area contributed by atoms with Crippen molar-refractivity contribution >= 4 is 10.1 Å². The molecule has 15 heavy (non-hydrogen) atoms. The van der Waals surface area contributed by atoms with Crippen LogP contribution in [0.2, 0.25) is 0 Å². The summed E-state index contributed by atoms with van der Waals surface area (Å²) in [6, 6.07) is 0. The lowest BCUT2D eigenvalue weighted by atomic mass is 10.3. The second-order valence-corrected chi connectivity index (χ2v) is 4.47. The molecule has 0 rings (SSSR count). The Bertz CT molecular complexity index is 300. The van der Waals surface area contributed by atoms with Crippen LogP contribution in [0.3, 0.4) is 0 Å². The maximum absolute atomic E-state index is 12.7. The first kappa shape index (κ1) is 14.6. The molecule has 0 aromatic carbocycles. The minimum Gasteiger partial charge on any atom is -0.352 e. The Morgan fingerprint density at radius 3 is 1.87 bits per heavy atom. The highest BCUT2D eigenvalue weighted by atomic mass is 32.2. The number of rotatable bonds is 5. The largest absolute Gasteiger partial charge is 0.352 e. The van der Waals surface area contributed by atoms with Crippen LogP contribution in [0.25, 0.3) is 0 Å². The molecule has 0 bridgehead atoms. The Morgan fingerprint density at radius 1 is 1.27 bits per heavy atom. The second kappa shape index (κ2) is 4.62. The zero-order chi connectivity index (χ0) is 12.4. The number of hydrogen-bond acceptors (Lipinski definition) is 3. The van der Waals surface area contributed by atoms with Gasteiger partial charge in [0, 0.05) is 0 Å². The Labute approximate surface area is 84.0 Å². The van der Waals surface area contributed by atoms with Crippen molar-refractivity contribution < 1.29 is 35.3 Å². The van der Waals surface area contributed by atoms with Crippen LogP contribution in [0.15, 0.2) is 0 Å². The van der Waals surface area contributed by atoms with Crippen molar-refractivity contribution in [3.8, 4) is 0 Å². The van der Waals surface area contributed by atoms with Gasteiger partial charge >= 0.3 is 12.3 Å². The molecule has 0 amide bonds. The third-order valence-electron chi connectivity index (χ3n) is 1.27. The first-order valence-electron chi connectivity index (χ1n) is 3.77. The molecular weight excluding hydrogens is 244 g/mol. The van der Waals surface area contributed by atoms with Crippen molar-refractivity contribution in [1.29, 1.82) is 0 Å². The van der Waals surface area contributed by atoms with Crippen LogP contribution in [0.4, 0.5) is 17.6 Å². The van der Waals surface area contributed by atoms with Crippen molar-refractivity contribution in [3.63, 3.8) is 0 Å². The summed E-state index contributed by atoms with van der Waals surface area (Å²) >= 11 is 0. The van der Waals surface area contributed by atoms with Crippen LogP contribution < -0.4 is 0 Å². The van der Waals surface area contributed by atoms with E-state index in [0.717, 1.165) is 0 Å². The van der Waals surface area contributed by atoms with Gasteiger partial charge in [0.25, 0.3) is 15.6 Å². The molecular formula is C6H10F4O4S. The lowest BCUT2D eigenvalue weighted by Crippen LogP contribution is -2.48. The van der Waals surface area contributed by atoms with Gasteiger partial charge in [0.15, 0.2) is 0 Å². The molecule has 0 saturated heterocycles. The molecule has 1 unspecified atom stereocenters. The summed E-state index contributed by atoms with van der Waals surface area (Å²) in [6.07, 6.45) is -5.30. The SMILES string of the molecule is CC(C)OC(C(F)(F)C(F)F)S(=O)(=O)O. The molecule has 1 N–H and O–H groups in total. The van der Waals surface area contributed by atoms with E-state index in [4.69, 9.17) is 4.55 Å². The molecule has 0 heterocycles. The predicted molar refractivity (Wildman–Crippen MR) is 42.5 cm³/mol. The molecule has 0 spiro atoms. The minimum absolute atomic E-state index is 1.05. The molecule has 0 aromatic heterocycles. The van der Waals surface area contributed by atoms with Gasteiger partial charge in [-0.05, 0) is 13.8 Å². The van der Waals surface area contributed by atoms with E-state index in [9.17, 15) is 26.0 Å². The summed E-state index contributed by atoms with van der Waals surface area (Å²) in [6.45, 7) is 2.33. The van der Waals surface area contributed by atoms with Crippen molar-refractivity contribution in [2.24, 2.45) is 0 Å². The first-order chi connectivity index (χ1) is 6.49. The van der Waals surface area contributed by atoms with Gasteiger partial charge in [-0.25, -0.2) is 8.78 Å². The monoisotopic (exact) mass is 254 g/mol. The molecule has 0 radical (unpaired) electrons. The van der Waals surface area contributed by atoms with E-state index in [1.54, 1.807) is 0 Å². The number of hydrogen-bond donors (Lipinski definition) is 1. The Balaban J connectivity index is 5.13. The van der Waals surface area contributed by atoms with E-state index < -0.39 is 34.0 Å². The molecule has 4 nitrogen and oxygen atoms in total. The van der Waals surface area contributed by atoms with Gasteiger partial charge in [-0.15, -0.1) is 0 Å². The summed E-state index contributed by atoms with van der Waals surface area (Å²) in [5.41, 5.74) is -3.26. The van der Waals surface area contributed by atoms with Crippen LogP contribution in [0.5, 0.6) is 0 Å². The zero-order valence-electron chi connectivity index (χ0n) is 7.82. The lowest BCUT2D eigenvalue weighted by Gasteiger charge is -2.25. The second-order valence-electron chi connectivity index (χ2n) is 3.01. The first-order valence-corrected chi connectivity index (χ1v) is 5.27. The molecule has 0 fully saturated rings. The number of ether oxygens (including phenoxy) is 1. The molecule has 0 aliphatic heterocycles. The molecule has 0 saturated carbocycles.